The molecule has 0 radical (unpaired) electrons. The zero-order valence-electron chi connectivity index (χ0n) is 16.2. The molecule has 0 spiro atoms. The van der Waals surface area contributed by atoms with Crippen LogP contribution < -0.4 is 21.6 Å². The largest absolute Gasteiger partial charge is 0.392 e. The number of aliphatic hydroxyl groups is 1. The van der Waals surface area contributed by atoms with Crippen molar-refractivity contribution in [3.8, 4) is 0 Å². The fourth-order valence-corrected chi connectivity index (χ4v) is 2.78. The number of aryl methyl sites for hydroxylation is 1. The van der Waals surface area contributed by atoms with Crippen LogP contribution in [0.15, 0.2) is 39.0 Å². The number of hydrogen-bond donors (Lipinski definition) is 3. The Bertz CT molecular complexity index is 1120. The third-order valence-corrected chi connectivity index (χ3v) is 4.24. The summed E-state index contributed by atoms with van der Waals surface area (Å²) >= 11 is 0. The molecule has 0 aliphatic rings. The van der Waals surface area contributed by atoms with E-state index in [1.165, 1.54) is 16.2 Å². The predicted molar refractivity (Wildman–Crippen MR) is 109 cm³/mol. The second kappa shape index (κ2) is 7.69. The summed E-state index contributed by atoms with van der Waals surface area (Å²) in [6.07, 6.45) is 0.895. The van der Waals surface area contributed by atoms with E-state index < -0.39 is 17.4 Å². The average molecular weight is 385 g/mol. The maximum Gasteiger partial charge on any atom is 0.329 e. The van der Waals surface area contributed by atoms with Gasteiger partial charge in [-0.1, -0.05) is 12.1 Å². The van der Waals surface area contributed by atoms with Crippen LogP contribution in [-0.2, 0) is 13.6 Å². The predicted octanol–water partition coefficient (Wildman–Crippen LogP) is 0.316. The Hall–Kier alpha value is -3.40. The first kappa shape index (κ1) is 19.4. The summed E-state index contributed by atoms with van der Waals surface area (Å²) in [5, 5.41) is 14.0. The molecule has 0 saturated heterocycles. The SMILES string of the molecule is CC(O)Cn1c(N/N=C/c2ccc(N(C)C)cc2)nc2c1c(=O)[nH]c(=O)n2C. The van der Waals surface area contributed by atoms with Gasteiger partial charge in [0.05, 0.1) is 18.9 Å². The van der Waals surface area contributed by atoms with Crippen LogP contribution in [0.5, 0.6) is 0 Å². The Kier molecular flexibility index (Phi) is 5.32. The van der Waals surface area contributed by atoms with Crippen molar-refractivity contribution in [1.29, 1.82) is 0 Å². The van der Waals surface area contributed by atoms with E-state index in [1.54, 1.807) is 13.1 Å². The lowest BCUT2D eigenvalue weighted by Crippen LogP contribution is -2.29. The second-order valence-electron chi connectivity index (χ2n) is 6.74. The number of hydrogen-bond acceptors (Lipinski definition) is 7. The third kappa shape index (κ3) is 3.81. The fraction of sp³-hybridized carbons (Fsp3) is 0.333. The number of anilines is 2. The van der Waals surface area contributed by atoms with E-state index in [0.717, 1.165) is 11.3 Å². The van der Waals surface area contributed by atoms with Crippen LogP contribution in [0, 0.1) is 0 Å². The van der Waals surface area contributed by atoms with E-state index in [0.29, 0.717) is 0 Å². The fourth-order valence-electron chi connectivity index (χ4n) is 2.78. The smallest absolute Gasteiger partial charge is 0.329 e. The highest BCUT2D eigenvalue weighted by Gasteiger charge is 2.18. The standard InChI is InChI=1S/C18H23N7O3/c1-11(26)10-25-14-15(24(4)18(28)21-16(14)27)20-17(25)22-19-9-12-5-7-13(8-6-12)23(2)3/h5-9,11,26H,10H2,1-4H3,(H,20,22)(H,21,27,28)/b19-9+. The van der Waals surface area contributed by atoms with Crippen molar-refractivity contribution in [3.63, 3.8) is 0 Å². The van der Waals surface area contributed by atoms with Gasteiger partial charge in [-0.15, -0.1) is 0 Å². The summed E-state index contributed by atoms with van der Waals surface area (Å²) in [6, 6.07) is 7.79. The summed E-state index contributed by atoms with van der Waals surface area (Å²) in [4.78, 5) is 32.7. The normalized spacial score (nSPS) is 12.6. The molecular weight excluding hydrogens is 362 g/mol. The van der Waals surface area contributed by atoms with Gasteiger partial charge >= 0.3 is 5.69 Å². The zero-order valence-corrected chi connectivity index (χ0v) is 16.2. The van der Waals surface area contributed by atoms with Gasteiger partial charge in [0, 0.05) is 26.8 Å². The average Bonchev–Trinajstić information content (AvgIpc) is 2.98. The van der Waals surface area contributed by atoms with E-state index in [1.807, 2.05) is 43.3 Å². The van der Waals surface area contributed by atoms with E-state index in [4.69, 9.17) is 0 Å². The molecule has 3 aromatic rings. The number of hydrazone groups is 1. The highest BCUT2D eigenvalue weighted by atomic mass is 16.3. The number of H-pyrrole nitrogens is 1. The third-order valence-electron chi connectivity index (χ3n) is 4.24. The first-order valence-electron chi connectivity index (χ1n) is 8.72. The quantitative estimate of drug-likeness (QED) is 0.415. The van der Waals surface area contributed by atoms with Gasteiger partial charge in [-0.2, -0.15) is 10.1 Å². The van der Waals surface area contributed by atoms with E-state index in [-0.39, 0.29) is 23.7 Å². The van der Waals surface area contributed by atoms with Crippen LogP contribution in [0.2, 0.25) is 0 Å². The molecule has 1 aromatic carbocycles. The Labute approximate surface area is 160 Å². The molecule has 0 fully saturated rings. The Morgan fingerprint density at radius 1 is 1.32 bits per heavy atom. The molecule has 2 aromatic heterocycles. The van der Waals surface area contributed by atoms with Gasteiger partial charge in [0.15, 0.2) is 11.2 Å². The molecular formula is C18H23N7O3. The highest BCUT2D eigenvalue weighted by Crippen LogP contribution is 2.16. The number of nitrogens with zero attached hydrogens (tertiary/aromatic N) is 5. The van der Waals surface area contributed by atoms with Crippen LogP contribution in [0.1, 0.15) is 12.5 Å². The molecule has 3 N–H and O–H groups in total. The zero-order chi connectivity index (χ0) is 20.4. The van der Waals surface area contributed by atoms with Gasteiger partial charge in [0.1, 0.15) is 0 Å². The molecule has 1 atom stereocenters. The van der Waals surface area contributed by atoms with Crippen LogP contribution in [0.25, 0.3) is 11.2 Å². The molecule has 3 rings (SSSR count). The lowest BCUT2D eigenvalue weighted by Gasteiger charge is -2.11. The number of aromatic nitrogens is 4. The van der Waals surface area contributed by atoms with Gasteiger partial charge in [0.25, 0.3) is 5.56 Å². The van der Waals surface area contributed by atoms with Gasteiger partial charge in [-0.05, 0) is 24.6 Å². The van der Waals surface area contributed by atoms with Gasteiger partial charge in [-0.3, -0.25) is 14.3 Å². The van der Waals surface area contributed by atoms with Crippen LogP contribution in [0.4, 0.5) is 11.6 Å². The van der Waals surface area contributed by atoms with Crippen LogP contribution in [-0.4, -0.2) is 50.6 Å². The molecule has 0 bridgehead atoms. The molecule has 0 aliphatic carbocycles. The molecule has 10 nitrogen and oxygen atoms in total. The maximum absolute atomic E-state index is 12.3. The summed E-state index contributed by atoms with van der Waals surface area (Å²) in [7, 11) is 5.44. The topological polar surface area (TPSA) is 121 Å². The van der Waals surface area contributed by atoms with Gasteiger partial charge < -0.3 is 14.6 Å². The van der Waals surface area contributed by atoms with Gasteiger partial charge in [-0.25, -0.2) is 10.2 Å². The Morgan fingerprint density at radius 3 is 2.61 bits per heavy atom. The van der Waals surface area contributed by atoms with Crippen LogP contribution in [0.3, 0.4) is 0 Å². The Balaban J connectivity index is 1.95. The van der Waals surface area contributed by atoms with Crippen molar-refractivity contribution in [2.75, 3.05) is 24.4 Å². The highest BCUT2D eigenvalue weighted by molar-refractivity contribution is 5.81. The molecule has 0 saturated carbocycles. The lowest BCUT2D eigenvalue weighted by molar-refractivity contribution is 0.175. The first-order chi connectivity index (χ1) is 13.3. The number of nitrogens with one attached hydrogen (secondary N) is 2. The molecule has 0 amide bonds. The summed E-state index contributed by atoms with van der Waals surface area (Å²) in [5.74, 6) is 0.253. The van der Waals surface area contributed by atoms with Crippen molar-refractivity contribution >= 4 is 29.0 Å². The van der Waals surface area contributed by atoms with Crippen molar-refractivity contribution < 1.29 is 5.11 Å². The van der Waals surface area contributed by atoms with Crippen molar-refractivity contribution in [2.24, 2.45) is 12.1 Å². The minimum atomic E-state index is -0.725. The molecule has 2 heterocycles. The van der Waals surface area contributed by atoms with Crippen molar-refractivity contribution in [2.45, 2.75) is 19.6 Å². The van der Waals surface area contributed by atoms with E-state index in [9.17, 15) is 14.7 Å². The first-order valence-corrected chi connectivity index (χ1v) is 8.72. The van der Waals surface area contributed by atoms with Gasteiger partial charge in [0.2, 0.25) is 5.95 Å². The van der Waals surface area contributed by atoms with Crippen LogP contribution >= 0.6 is 0 Å². The Morgan fingerprint density at radius 2 is 2.00 bits per heavy atom. The molecule has 28 heavy (non-hydrogen) atoms. The molecule has 0 aliphatic heterocycles. The molecule has 10 heteroatoms. The number of aliphatic hydroxyl groups excluding tert-OH is 1. The number of rotatable bonds is 6. The maximum atomic E-state index is 12.3. The number of aromatic amines is 1. The molecule has 1 unspecified atom stereocenters. The number of imidazole rings is 1. The van der Waals surface area contributed by atoms with E-state index in [2.05, 4.69) is 20.5 Å². The number of benzene rings is 1. The summed E-state index contributed by atoms with van der Waals surface area (Å²) in [5.41, 5.74) is 4.02. The minimum Gasteiger partial charge on any atom is -0.392 e. The molecule has 148 valence electrons. The number of fused-ring (bicyclic) bond motifs is 1. The monoisotopic (exact) mass is 385 g/mol. The summed E-state index contributed by atoms with van der Waals surface area (Å²) in [6.45, 7) is 1.72. The second-order valence-corrected chi connectivity index (χ2v) is 6.74. The van der Waals surface area contributed by atoms with Crippen molar-refractivity contribution in [3.05, 3.63) is 50.7 Å². The van der Waals surface area contributed by atoms with E-state index >= 15 is 0 Å². The lowest BCUT2D eigenvalue weighted by atomic mass is 10.2. The minimum absolute atomic E-state index is 0.118. The summed E-state index contributed by atoms with van der Waals surface area (Å²) < 4.78 is 2.74. The van der Waals surface area contributed by atoms with Crippen molar-refractivity contribution in [1.82, 2.24) is 19.1 Å².